The first-order valence-electron chi connectivity index (χ1n) is 8.89. The summed E-state index contributed by atoms with van der Waals surface area (Å²) < 4.78 is 7.02. The number of aromatic nitrogens is 3. The van der Waals surface area contributed by atoms with Gasteiger partial charge in [0, 0.05) is 44.2 Å². The van der Waals surface area contributed by atoms with Crippen LogP contribution in [0.4, 0.5) is 0 Å². The number of amides is 1. The molecule has 4 heterocycles. The van der Waals surface area contributed by atoms with Crippen molar-refractivity contribution >= 4 is 5.91 Å². The molecule has 134 valence electrons. The lowest BCUT2D eigenvalue weighted by atomic mass is 9.83. The summed E-state index contributed by atoms with van der Waals surface area (Å²) in [6, 6.07) is 3.63. The van der Waals surface area contributed by atoms with Crippen molar-refractivity contribution < 1.29 is 14.4 Å². The van der Waals surface area contributed by atoms with Gasteiger partial charge in [-0.3, -0.25) is 9.48 Å². The number of nitrogens with zero attached hydrogens (tertiary/aromatic N) is 4. The second-order valence-electron chi connectivity index (χ2n) is 7.65. The minimum Gasteiger partial charge on any atom is -0.383 e. The van der Waals surface area contributed by atoms with Crippen LogP contribution >= 0.6 is 0 Å². The van der Waals surface area contributed by atoms with E-state index in [4.69, 9.17) is 4.52 Å². The highest BCUT2D eigenvalue weighted by Gasteiger charge is 2.51. The first-order valence-corrected chi connectivity index (χ1v) is 8.89. The van der Waals surface area contributed by atoms with Gasteiger partial charge in [-0.2, -0.15) is 5.10 Å². The van der Waals surface area contributed by atoms with E-state index in [2.05, 4.69) is 10.3 Å². The standard InChI is InChI=1S/C18H24N4O3/c1-11(2)14-8-15(25-20-14)17(23)22-12-4-5-13(22)10-18(24,9-12)16-6-7-19-21(16)3/h6-8,11-13,24H,4-5,9-10H2,1-3H3/t12-,13-/m0/s1. The normalized spacial score (nSPS) is 28.8. The smallest absolute Gasteiger partial charge is 0.292 e. The molecule has 0 spiro atoms. The predicted octanol–water partition coefficient (Wildman–Crippen LogP) is 2.19. The van der Waals surface area contributed by atoms with E-state index in [1.54, 1.807) is 16.9 Å². The first kappa shape index (κ1) is 16.3. The number of aryl methyl sites for hydroxylation is 1. The highest BCUT2D eigenvalue weighted by molar-refractivity contribution is 5.92. The van der Waals surface area contributed by atoms with E-state index in [9.17, 15) is 9.90 Å². The van der Waals surface area contributed by atoms with Gasteiger partial charge < -0.3 is 14.5 Å². The molecule has 0 aliphatic carbocycles. The van der Waals surface area contributed by atoms with Crippen LogP contribution in [0.3, 0.4) is 0 Å². The highest BCUT2D eigenvalue weighted by atomic mass is 16.5. The van der Waals surface area contributed by atoms with Crippen molar-refractivity contribution in [2.24, 2.45) is 7.05 Å². The predicted molar refractivity (Wildman–Crippen MR) is 89.9 cm³/mol. The largest absolute Gasteiger partial charge is 0.383 e. The van der Waals surface area contributed by atoms with Gasteiger partial charge in [0.2, 0.25) is 5.76 Å². The molecule has 0 saturated carbocycles. The molecule has 1 N–H and O–H groups in total. The Morgan fingerprint density at radius 2 is 2.04 bits per heavy atom. The number of piperidine rings is 1. The van der Waals surface area contributed by atoms with Crippen LogP contribution in [0.15, 0.2) is 22.9 Å². The van der Waals surface area contributed by atoms with Crippen molar-refractivity contribution in [2.45, 2.75) is 63.1 Å². The molecule has 0 aromatic carbocycles. The molecule has 2 aliphatic heterocycles. The Morgan fingerprint density at radius 3 is 2.56 bits per heavy atom. The third-order valence-electron chi connectivity index (χ3n) is 5.63. The lowest BCUT2D eigenvalue weighted by Gasteiger charge is -2.43. The van der Waals surface area contributed by atoms with Gasteiger partial charge in [0.05, 0.1) is 11.4 Å². The fraction of sp³-hybridized carbons (Fsp3) is 0.611. The summed E-state index contributed by atoms with van der Waals surface area (Å²) in [7, 11) is 1.84. The molecule has 2 bridgehead atoms. The molecule has 7 heteroatoms. The van der Waals surface area contributed by atoms with Crippen molar-refractivity contribution in [3.63, 3.8) is 0 Å². The van der Waals surface area contributed by atoms with Gasteiger partial charge >= 0.3 is 0 Å². The molecule has 2 saturated heterocycles. The molecule has 2 aromatic heterocycles. The molecule has 2 aliphatic rings. The third kappa shape index (κ3) is 2.57. The minimum atomic E-state index is -0.932. The van der Waals surface area contributed by atoms with Crippen LogP contribution in [-0.2, 0) is 12.6 Å². The number of hydrogen-bond donors (Lipinski definition) is 1. The third-order valence-corrected chi connectivity index (χ3v) is 5.63. The Morgan fingerprint density at radius 1 is 1.36 bits per heavy atom. The molecule has 7 nitrogen and oxygen atoms in total. The second-order valence-corrected chi connectivity index (χ2v) is 7.65. The van der Waals surface area contributed by atoms with Gasteiger partial charge in [0.15, 0.2) is 0 Å². The number of rotatable bonds is 3. The zero-order chi connectivity index (χ0) is 17.8. The number of hydrogen-bond acceptors (Lipinski definition) is 5. The molecule has 1 amide bonds. The van der Waals surface area contributed by atoms with Gasteiger partial charge in [-0.05, 0) is 24.8 Å². The molecule has 2 fully saturated rings. The van der Waals surface area contributed by atoms with Crippen molar-refractivity contribution in [2.75, 3.05) is 0 Å². The zero-order valence-electron chi connectivity index (χ0n) is 14.8. The van der Waals surface area contributed by atoms with Gasteiger partial charge in [-0.1, -0.05) is 19.0 Å². The number of carbonyl (C=O) groups is 1. The summed E-state index contributed by atoms with van der Waals surface area (Å²) in [5.41, 5.74) is 0.676. The summed E-state index contributed by atoms with van der Waals surface area (Å²) in [6.07, 6.45) is 4.57. The van der Waals surface area contributed by atoms with Crippen LogP contribution in [0.2, 0.25) is 0 Å². The monoisotopic (exact) mass is 344 g/mol. The molecule has 0 radical (unpaired) electrons. The maximum absolute atomic E-state index is 13.0. The van der Waals surface area contributed by atoms with Gasteiger partial charge in [-0.25, -0.2) is 0 Å². The van der Waals surface area contributed by atoms with Gasteiger partial charge in [0.25, 0.3) is 5.91 Å². The van der Waals surface area contributed by atoms with Crippen molar-refractivity contribution in [3.05, 3.63) is 35.5 Å². The fourth-order valence-corrected chi connectivity index (χ4v) is 4.38. The van der Waals surface area contributed by atoms with E-state index in [1.165, 1.54) is 0 Å². The summed E-state index contributed by atoms with van der Waals surface area (Å²) in [6.45, 7) is 4.04. The van der Waals surface area contributed by atoms with E-state index >= 15 is 0 Å². The van der Waals surface area contributed by atoms with Crippen molar-refractivity contribution in [3.8, 4) is 0 Å². The minimum absolute atomic E-state index is 0.0127. The topological polar surface area (TPSA) is 84.4 Å². The van der Waals surface area contributed by atoms with Gasteiger partial charge in [0.1, 0.15) is 5.60 Å². The van der Waals surface area contributed by atoms with Crippen LogP contribution < -0.4 is 0 Å². The quantitative estimate of drug-likeness (QED) is 0.922. The maximum atomic E-state index is 13.0. The summed E-state index contributed by atoms with van der Waals surface area (Å²) in [4.78, 5) is 14.9. The van der Waals surface area contributed by atoms with Crippen molar-refractivity contribution in [1.82, 2.24) is 19.8 Å². The average molecular weight is 344 g/mol. The molecular formula is C18H24N4O3. The van der Waals surface area contributed by atoms with E-state index < -0.39 is 5.60 Å². The average Bonchev–Trinajstić information content (AvgIpc) is 3.26. The SMILES string of the molecule is CC(C)c1cc(C(=O)N2[C@H]3CC[C@H]2CC(O)(c2ccnn2C)C3)on1. The molecule has 2 atom stereocenters. The first-order chi connectivity index (χ1) is 11.9. The Balaban J connectivity index is 1.58. The maximum Gasteiger partial charge on any atom is 0.292 e. The fourth-order valence-electron chi connectivity index (χ4n) is 4.38. The Kier molecular flexibility index (Phi) is 3.72. The Bertz CT molecular complexity index is 780. The molecule has 0 unspecified atom stereocenters. The van der Waals surface area contributed by atoms with Crippen LogP contribution in [0.5, 0.6) is 0 Å². The number of aliphatic hydroxyl groups is 1. The van der Waals surface area contributed by atoms with E-state index in [1.807, 2.05) is 31.9 Å². The Labute approximate surface area is 146 Å². The van der Waals surface area contributed by atoms with Crippen LogP contribution in [0.25, 0.3) is 0 Å². The van der Waals surface area contributed by atoms with Gasteiger partial charge in [-0.15, -0.1) is 0 Å². The van der Waals surface area contributed by atoms with Crippen LogP contribution in [0, 0.1) is 0 Å². The lowest BCUT2D eigenvalue weighted by Crippen LogP contribution is -2.52. The molecule has 4 rings (SSSR count). The molecule has 2 aromatic rings. The summed E-state index contributed by atoms with van der Waals surface area (Å²) in [5, 5.41) is 19.4. The van der Waals surface area contributed by atoms with Crippen molar-refractivity contribution in [1.29, 1.82) is 0 Å². The highest BCUT2D eigenvalue weighted by Crippen LogP contribution is 2.46. The summed E-state index contributed by atoms with van der Waals surface area (Å²) >= 11 is 0. The molecular weight excluding hydrogens is 320 g/mol. The van der Waals surface area contributed by atoms with Crippen LogP contribution in [-0.4, -0.2) is 42.9 Å². The molecule has 25 heavy (non-hydrogen) atoms. The zero-order valence-corrected chi connectivity index (χ0v) is 14.8. The van der Waals surface area contributed by atoms with E-state index in [0.29, 0.717) is 18.6 Å². The lowest BCUT2D eigenvalue weighted by molar-refractivity contribution is -0.0538. The number of fused-ring (bicyclic) bond motifs is 2. The van der Waals surface area contributed by atoms with Crippen LogP contribution in [0.1, 0.15) is 67.4 Å². The van der Waals surface area contributed by atoms with E-state index in [0.717, 1.165) is 24.2 Å². The second kappa shape index (κ2) is 5.69. The number of carbonyl (C=O) groups excluding carboxylic acids is 1. The Hall–Kier alpha value is -2.15. The summed E-state index contributed by atoms with van der Waals surface area (Å²) in [5.74, 6) is 0.406. The van der Waals surface area contributed by atoms with E-state index in [-0.39, 0.29) is 23.9 Å².